The highest BCUT2D eigenvalue weighted by molar-refractivity contribution is 6.35. The second-order valence-electron chi connectivity index (χ2n) is 5.63. The van der Waals surface area contributed by atoms with Crippen LogP contribution in [0.25, 0.3) is 28.3 Å². The van der Waals surface area contributed by atoms with Crippen LogP contribution in [0.4, 0.5) is 0 Å². The van der Waals surface area contributed by atoms with Gasteiger partial charge in [0.2, 0.25) is 5.82 Å². The van der Waals surface area contributed by atoms with E-state index < -0.39 is 0 Å². The number of rotatable bonds is 4. The summed E-state index contributed by atoms with van der Waals surface area (Å²) in [7, 11) is 1.59. The molecule has 0 aliphatic rings. The molecule has 0 saturated carbocycles. The molecule has 27 heavy (non-hydrogen) atoms. The Labute approximate surface area is 165 Å². The van der Waals surface area contributed by atoms with Crippen molar-refractivity contribution in [2.75, 3.05) is 7.11 Å². The van der Waals surface area contributed by atoms with Crippen molar-refractivity contribution in [2.45, 2.75) is 0 Å². The summed E-state index contributed by atoms with van der Waals surface area (Å²) in [5, 5.41) is 13.7. The Morgan fingerprint density at radius 2 is 1.85 bits per heavy atom. The molecule has 0 radical (unpaired) electrons. The van der Waals surface area contributed by atoms with Crippen molar-refractivity contribution in [1.29, 1.82) is 0 Å². The van der Waals surface area contributed by atoms with E-state index >= 15 is 0 Å². The molecule has 0 spiro atoms. The summed E-state index contributed by atoms with van der Waals surface area (Å²) in [5.41, 5.74) is 2.95. The first-order chi connectivity index (χ1) is 13.2. The third kappa shape index (κ3) is 3.49. The Bertz CT molecular complexity index is 1100. The minimum atomic E-state index is 0.441. The van der Waals surface area contributed by atoms with Crippen molar-refractivity contribution in [3.05, 3.63) is 70.8 Å². The molecule has 4 aromatic rings. The fourth-order valence-corrected chi connectivity index (χ4v) is 3.04. The topological polar surface area (TPSA) is 65.7 Å². The number of nitrogens with zero attached hydrogens (tertiary/aromatic N) is 5. The molecule has 0 unspecified atom stereocenters. The quantitative estimate of drug-likeness (QED) is 0.498. The largest absolute Gasteiger partial charge is 0.496 e. The van der Waals surface area contributed by atoms with Crippen LogP contribution in [-0.2, 0) is 0 Å². The monoisotopic (exact) mass is 397 g/mol. The second kappa shape index (κ2) is 7.34. The lowest BCUT2D eigenvalue weighted by Crippen LogP contribution is -2.00. The van der Waals surface area contributed by atoms with E-state index in [9.17, 15) is 0 Å². The third-order valence-electron chi connectivity index (χ3n) is 3.94. The average Bonchev–Trinajstić information content (AvgIpc) is 3.20. The Morgan fingerprint density at radius 1 is 0.963 bits per heavy atom. The van der Waals surface area contributed by atoms with Gasteiger partial charge < -0.3 is 4.74 Å². The molecule has 0 saturated heterocycles. The van der Waals surface area contributed by atoms with Gasteiger partial charge in [-0.3, -0.25) is 4.98 Å². The van der Waals surface area contributed by atoms with E-state index in [-0.39, 0.29) is 0 Å². The van der Waals surface area contributed by atoms with Gasteiger partial charge in [-0.05, 0) is 47.7 Å². The van der Waals surface area contributed by atoms with Gasteiger partial charge in [0.15, 0.2) is 0 Å². The van der Waals surface area contributed by atoms with Gasteiger partial charge in [0.05, 0.1) is 12.8 Å². The van der Waals surface area contributed by atoms with Gasteiger partial charge in [-0.25, -0.2) is 0 Å². The molecule has 0 amide bonds. The van der Waals surface area contributed by atoms with E-state index in [1.165, 1.54) is 4.80 Å². The molecule has 2 aromatic heterocycles. The minimum Gasteiger partial charge on any atom is -0.496 e. The molecule has 8 heteroatoms. The first kappa shape index (κ1) is 17.5. The fraction of sp³-hybridized carbons (Fsp3) is 0.0526. The van der Waals surface area contributed by atoms with E-state index in [4.69, 9.17) is 27.9 Å². The van der Waals surface area contributed by atoms with Gasteiger partial charge in [-0.1, -0.05) is 29.3 Å². The zero-order chi connectivity index (χ0) is 18.8. The zero-order valence-corrected chi connectivity index (χ0v) is 15.7. The molecule has 0 aliphatic heterocycles. The standard InChI is InChI=1S/C19H13Cl2N5O/c1-27-18-11-13(6-7-14(18)15-10-12(20)5-8-16(15)21)26-24-19(23-25-26)17-4-2-3-9-22-17/h2-11H,1H3. The highest BCUT2D eigenvalue weighted by atomic mass is 35.5. The number of benzene rings is 2. The van der Waals surface area contributed by atoms with Crippen molar-refractivity contribution in [1.82, 2.24) is 25.2 Å². The molecule has 6 nitrogen and oxygen atoms in total. The Hall–Kier alpha value is -2.96. The summed E-state index contributed by atoms with van der Waals surface area (Å²) in [5.74, 6) is 1.06. The number of halogens is 2. The molecule has 134 valence electrons. The van der Waals surface area contributed by atoms with E-state index in [0.29, 0.717) is 33.0 Å². The van der Waals surface area contributed by atoms with E-state index in [2.05, 4.69) is 20.4 Å². The minimum absolute atomic E-state index is 0.441. The van der Waals surface area contributed by atoms with Crippen LogP contribution in [0, 0.1) is 0 Å². The summed E-state index contributed by atoms with van der Waals surface area (Å²) >= 11 is 12.4. The number of tetrazole rings is 1. The molecule has 2 heterocycles. The maximum atomic E-state index is 6.33. The smallest absolute Gasteiger partial charge is 0.223 e. The molecule has 4 rings (SSSR count). The van der Waals surface area contributed by atoms with E-state index in [0.717, 1.165) is 11.1 Å². The molecule has 0 atom stereocenters. The lowest BCUT2D eigenvalue weighted by molar-refractivity contribution is 0.416. The number of hydrogen-bond donors (Lipinski definition) is 0. The van der Waals surface area contributed by atoms with Crippen LogP contribution in [0.15, 0.2) is 60.8 Å². The molecule has 0 N–H and O–H groups in total. The van der Waals surface area contributed by atoms with Crippen molar-refractivity contribution in [3.8, 4) is 34.1 Å². The molecule has 2 aromatic carbocycles. The SMILES string of the molecule is COc1cc(-n2nnc(-c3ccccn3)n2)ccc1-c1cc(Cl)ccc1Cl. The van der Waals surface area contributed by atoms with Crippen LogP contribution in [0.5, 0.6) is 5.75 Å². The van der Waals surface area contributed by atoms with E-state index in [1.807, 2.05) is 36.4 Å². The van der Waals surface area contributed by atoms with Crippen molar-refractivity contribution in [2.24, 2.45) is 0 Å². The van der Waals surface area contributed by atoms with Crippen LogP contribution in [-0.4, -0.2) is 32.3 Å². The predicted octanol–water partition coefficient (Wildman–Crippen LogP) is 4.71. The normalized spacial score (nSPS) is 10.8. The molecular weight excluding hydrogens is 385 g/mol. The third-order valence-corrected chi connectivity index (χ3v) is 4.51. The second-order valence-corrected chi connectivity index (χ2v) is 6.47. The number of methoxy groups -OCH3 is 1. The predicted molar refractivity (Wildman–Crippen MR) is 104 cm³/mol. The summed E-state index contributed by atoms with van der Waals surface area (Å²) in [6, 6.07) is 16.4. The lowest BCUT2D eigenvalue weighted by Gasteiger charge is -2.12. The number of pyridine rings is 1. The van der Waals surface area contributed by atoms with Crippen LogP contribution >= 0.6 is 23.2 Å². The first-order valence-corrected chi connectivity index (χ1v) is 8.76. The lowest BCUT2D eigenvalue weighted by atomic mass is 10.0. The first-order valence-electron chi connectivity index (χ1n) is 8.01. The number of aromatic nitrogens is 5. The summed E-state index contributed by atoms with van der Waals surface area (Å²) in [4.78, 5) is 5.66. The molecule has 0 aliphatic carbocycles. The van der Waals surface area contributed by atoms with Crippen LogP contribution in [0.2, 0.25) is 10.0 Å². The molecule has 0 bridgehead atoms. The van der Waals surface area contributed by atoms with Crippen molar-refractivity contribution < 1.29 is 4.74 Å². The molecular formula is C19H13Cl2N5O. The molecule has 0 fully saturated rings. The fourth-order valence-electron chi connectivity index (χ4n) is 2.65. The Morgan fingerprint density at radius 3 is 2.63 bits per heavy atom. The van der Waals surface area contributed by atoms with Crippen LogP contribution in [0.1, 0.15) is 0 Å². The Kier molecular flexibility index (Phi) is 4.75. The zero-order valence-electron chi connectivity index (χ0n) is 14.2. The maximum Gasteiger partial charge on any atom is 0.223 e. The average molecular weight is 398 g/mol. The van der Waals surface area contributed by atoms with Crippen LogP contribution in [0.3, 0.4) is 0 Å². The van der Waals surface area contributed by atoms with Gasteiger partial charge in [-0.2, -0.15) is 0 Å². The van der Waals surface area contributed by atoms with Gasteiger partial charge >= 0.3 is 0 Å². The highest BCUT2D eigenvalue weighted by Crippen LogP contribution is 2.37. The van der Waals surface area contributed by atoms with Gasteiger partial charge in [0.1, 0.15) is 11.4 Å². The Balaban J connectivity index is 1.74. The summed E-state index contributed by atoms with van der Waals surface area (Å²) in [6.07, 6.45) is 1.68. The van der Waals surface area contributed by atoms with Crippen molar-refractivity contribution >= 4 is 23.2 Å². The van der Waals surface area contributed by atoms with Crippen LogP contribution < -0.4 is 4.74 Å². The van der Waals surface area contributed by atoms with E-state index in [1.54, 1.807) is 31.5 Å². The number of hydrogen-bond acceptors (Lipinski definition) is 5. The maximum absolute atomic E-state index is 6.33. The summed E-state index contributed by atoms with van der Waals surface area (Å²) < 4.78 is 5.54. The van der Waals surface area contributed by atoms with Gasteiger partial charge in [-0.15, -0.1) is 15.0 Å². The number of ether oxygens (including phenoxy) is 1. The van der Waals surface area contributed by atoms with Gasteiger partial charge in [0.25, 0.3) is 0 Å². The summed E-state index contributed by atoms with van der Waals surface area (Å²) in [6.45, 7) is 0. The highest BCUT2D eigenvalue weighted by Gasteiger charge is 2.14. The van der Waals surface area contributed by atoms with Gasteiger partial charge in [0, 0.05) is 33.4 Å². The van der Waals surface area contributed by atoms with Crippen molar-refractivity contribution in [3.63, 3.8) is 0 Å².